The molecule has 0 amide bonds. The number of ether oxygens (including phenoxy) is 1. The summed E-state index contributed by atoms with van der Waals surface area (Å²) in [6.07, 6.45) is 3.75. The molecule has 1 saturated carbocycles. The molecule has 1 aromatic rings. The van der Waals surface area contributed by atoms with E-state index in [1.807, 2.05) is 0 Å². The molecule has 0 aliphatic heterocycles. The smallest absolute Gasteiger partial charge is 0.122 e. The lowest BCUT2D eigenvalue weighted by Gasteiger charge is -2.13. The van der Waals surface area contributed by atoms with Gasteiger partial charge in [0.2, 0.25) is 0 Å². The first-order valence-electron chi connectivity index (χ1n) is 6.49. The Morgan fingerprint density at radius 3 is 2.62 bits per heavy atom. The number of rotatable bonds is 5. The zero-order chi connectivity index (χ0) is 11.5. The van der Waals surface area contributed by atoms with E-state index in [1.165, 1.54) is 24.0 Å². The summed E-state index contributed by atoms with van der Waals surface area (Å²) in [6, 6.07) is 6.73. The fraction of sp³-hybridized carbons (Fsp3) is 0.600. The van der Waals surface area contributed by atoms with Gasteiger partial charge in [-0.2, -0.15) is 0 Å². The summed E-state index contributed by atoms with van der Waals surface area (Å²) in [5, 5.41) is 0. The molecular formula is C15H22O. The van der Waals surface area contributed by atoms with Gasteiger partial charge in [-0.1, -0.05) is 32.9 Å². The molecular weight excluding hydrogens is 196 g/mol. The monoisotopic (exact) mass is 218 g/mol. The van der Waals surface area contributed by atoms with Crippen molar-refractivity contribution in [1.29, 1.82) is 0 Å². The zero-order valence-electron chi connectivity index (χ0n) is 10.6. The van der Waals surface area contributed by atoms with E-state index in [0.717, 1.165) is 24.7 Å². The summed E-state index contributed by atoms with van der Waals surface area (Å²) < 4.78 is 5.82. The Hall–Kier alpha value is -0.980. The van der Waals surface area contributed by atoms with Crippen molar-refractivity contribution < 1.29 is 4.74 Å². The van der Waals surface area contributed by atoms with Crippen LogP contribution in [0.4, 0.5) is 0 Å². The largest absolute Gasteiger partial charge is 0.493 e. The fourth-order valence-electron chi connectivity index (χ4n) is 1.98. The summed E-state index contributed by atoms with van der Waals surface area (Å²) in [6.45, 7) is 7.48. The second-order valence-corrected chi connectivity index (χ2v) is 5.07. The van der Waals surface area contributed by atoms with Crippen molar-refractivity contribution in [2.75, 3.05) is 6.61 Å². The number of benzene rings is 1. The Bertz CT molecular complexity index is 350. The van der Waals surface area contributed by atoms with Crippen molar-refractivity contribution in [1.82, 2.24) is 0 Å². The topological polar surface area (TPSA) is 9.23 Å². The van der Waals surface area contributed by atoms with E-state index in [0.29, 0.717) is 5.92 Å². The third-order valence-corrected chi connectivity index (χ3v) is 3.18. The quantitative estimate of drug-likeness (QED) is 0.708. The van der Waals surface area contributed by atoms with Crippen molar-refractivity contribution in [2.24, 2.45) is 0 Å². The molecule has 0 aromatic heterocycles. The molecule has 0 N–H and O–H groups in total. The molecule has 0 unspecified atom stereocenters. The average Bonchev–Trinajstić information content (AvgIpc) is 3.09. The van der Waals surface area contributed by atoms with Gasteiger partial charge in [0, 0.05) is 0 Å². The minimum atomic E-state index is 0.609. The predicted molar refractivity (Wildman–Crippen MR) is 68.3 cm³/mol. The molecule has 1 fully saturated rings. The third kappa shape index (κ3) is 2.58. The molecule has 0 bridgehead atoms. The van der Waals surface area contributed by atoms with Crippen molar-refractivity contribution in [3.63, 3.8) is 0 Å². The zero-order valence-corrected chi connectivity index (χ0v) is 10.6. The Morgan fingerprint density at radius 2 is 2.06 bits per heavy atom. The summed E-state index contributed by atoms with van der Waals surface area (Å²) in [5.41, 5.74) is 2.88. The van der Waals surface area contributed by atoms with Gasteiger partial charge < -0.3 is 4.74 Å². The maximum Gasteiger partial charge on any atom is 0.122 e. The summed E-state index contributed by atoms with van der Waals surface area (Å²) >= 11 is 0. The first-order chi connectivity index (χ1) is 7.72. The van der Waals surface area contributed by atoms with Gasteiger partial charge in [0.1, 0.15) is 5.75 Å². The molecule has 88 valence electrons. The van der Waals surface area contributed by atoms with Crippen LogP contribution in [0.5, 0.6) is 5.75 Å². The molecule has 0 radical (unpaired) electrons. The van der Waals surface area contributed by atoms with Crippen molar-refractivity contribution in [3.8, 4) is 5.75 Å². The lowest BCUT2D eigenvalue weighted by atomic mass is 9.98. The summed E-state index contributed by atoms with van der Waals surface area (Å²) in [5.74, 6) is 2.50. The van der Waals surface area contributed by atoms with Gasteiger partial charge in [0.15, 0.2) is 0 Å². The molecule has 1 aromatic carbocycles. The molecule has 1 aliphatic carbocycles. The molecule has 1 heteroatoms. The van der Waals surface area contributed by atoms with Crippen molar-refractivity contribution in [3.05, 3.63) is 29.3 Å². The van der Waals surface area contributed by atoms with Crippen molar-refractivity contribution in [2.45, 2.75) is 51.9 Å². The van der Waals surface area contributed by atoms with Crippen molar-refractivity contribution >= 4 is 0 Å². The second kappa shape index (κ2) is 4.90. The van der Waals surface area contributed by atoms with E-state index in [9.17, 15) is 0 Å². The fourth-order valence-corrected chi connectivity index (χ4v) is 1.98. The molecule has 16 heavy (non-hydrogen) atoms. The Labute approximate surface area is 98.8 Å². The van der Waals surface area contributed by atoms with Crippen LogP contribution in [0.25, 0.3) is 0 Å². The van der Waals surface area contributed by atoms with Crippen LogP contribution >= 0.6 is 0 Å². The molecule has 0 saturated heterocycles. The Balaban J connectivity index is 2.22. The highest BCUT2D eigenvalue weighted by Gasteiger charge is 2.27. The normalized spacial score (nSPS) is 15.5. The van der Waals surface area contributed by atoms with Gasteiger partial charge in [0.05, 0.1) is 6.61 Å². The lowest BCUT2D eigenvalue weighted by molar-refractivity contribution is 0.314. The summed E-state index contributed by atoms with van der Waals surface area (Å²) in [4.78, 5) is 0. The Kier molecular flexibility index (Phi) is 3.52. The van der Waals surface area contributed by atoms with Crippen LogP contribution in [0.1, 0.15) is 63.0 Å². The molecule has 0 heterocycles. The molecule has 0 spiro atoms. The van der Waals surface area contributed by atoms with Crippen LogP contribution < -0.4 is 4.74 Å². The molecule has 1 aliphatic rings. The van der Waals surface area contributed by atoms with Gasteiger partial charge in [-0.25, -0.2) is 0 Å². The van der Waals surface area contributed by atoms with E-state index < -0.39 is 0 Å². The van der Waals surface area contributed by atoms with Gasteiger partial charge in [-0.15, -0.1) is 0 Å². The highest BCUT2D eigenvalue weighted by atomic mass is 16.5. The van der Waals surface area contributed by atoms with Crippen LogP contribution in [0.15, 0.2) is 18.2 Å². The number of hydrogen-bond acceptors (Lipinski definition) is 1. The van der Waals surface area contributed by atoms with Crippen LogP contribution in [0.3, 0.4) is 0 Å². The summed E-state index contributed by atoms with van der Waals surface area (Å²) in [7, 11) is 0. The van der Waals surface area contributed by atoms with E-state index in [1.54, 1.807) is 0 Å². The molecule has 0 atom stereocenters. The van der Waals surface area contributed by atoms with Gasteiger partial charge >= 0.3 is 0 Å². The first kappa shape index (κ1) is 11.5. The molecule has 2 rings (SSSR count). The van der Waals surface area contributed by atoms with Gasteiger partial charge in [0.25, 0.3) is 0 Å². The second-order valence-electron chi connectivity index (χ2n) is 5.07. The maximum atomic E-state index is 5.82. The van der Waals surface area contributed by atoms with Gasteiger partial charge in [-0.3, -0.25) is 0 Å². The highest BCUT2D eigenvalue weighted by Crippen LogP contribution is 2.45. The first-order valence-corrected chi connectivity index (χ1v) is 6.49. The van der Waals surface area contributed by atoms with E-state index >= 15 is 0 Å². The van der Waals surface area contributed by atoms with Crippen LogP contribution in [-0.2, 0) is 0 Å². The average molecular weight is 218 g/mol. The van der Waals surface area contributed by atoms with E-state index in [2.05, 4.69) is 39.0 Å². The minimum absolute atomic E-state index is 0.609. The SMILES string of the molecule is CCCOc1ccc(C(C)C)cc1C1CC1. The third-order valence-electron chi connectivity index (χ3n) is 3.18. The van der Waals surface area contributed by atoms with Crippen LogP contribution in [-0.4, -0.2) is 6.61 Å². The Morgan fingerprint density at radius 1 is 1.31 bits per heavy atom. The molecule has 1 nitrogen and oxygen atoms in total. The minimum Gasteiger partial charge on any atom is -0.493 e. The highest BCUT2D eigenvalue weighted by molar-refractivity contribution is 5.42. The van der Waals surface area contributed by atoms with Crippen LogP contribution in [0.2, 0.25) is 0 Å². The standard InChI is InChI=1S/C15H22O/c1-4-9-16-15-8-7-13(11(2)3)10-14(15)12-5-6-12/h7-8,10-12H,4-6,9H2,1-3H3. The van der Waals surface area contributed by atoms with E-state index in [-0.39, 0.29) is 0 Å². The van der Waals surface area contributed by atoms with Gasteiger partial charge in [-0.05, 0) is 48.3 Å². The maximum absolute atomic E-state index is 5.82. The van der Waals surface area contributed by atoms with E-state index in [4.69, 9.17) is 4.74 Å². The number of hydrogen-bond donors (Lipinski definition) is 0. The lowest BCUT2D eigenvalue weighted by Crippen LogP contribution is -1.99. The van der Waals surface area contributed by atoms with Crippen LogP contribution in [0, 0.1) is 0 Å². The predicted octanol–water partition coefficient (Wildman–Crippen LogP) is 4.48.